The Bertz CT molecular complexity index is 726. The lowest BCUT2D eigenvalue weighted by molar-refractivity contribution is -0.127. The standard InChI is InChI=1S/C22H30N4O2/c27-22(24-14-20-5-1-2-9-23-20)19-4-3-10-26(16-19)21-6-11-25(12-7-21)15-18-8-13-28-17-18/h1-2,5,8-9,13,17,19,21H,3-4,6-7,10-12,14-16H2,(H,24,27)/t19-/m0/s1. The minimum absolute atomic E-state index is 0.0985. The SMILES string of the molecule is O=C(NCc1ccccn1)[C@H]1CCCN(C2CCN(Cc3ccoc3)CC2)C1. The molecule has 0 spiro atoms. The van der Waals surface area contributed by atoms with Crippen molar-refractivity contribution in [2.75, 3.05) is 26.2 Å². The van der Waals surface area contributed by atoms with E-state index in [9.17, 15) is 4.79 Å². The van der Waals surface area contributed by atoms with Crippen molar-refractivity contribution < 1.29 is 9.21 Å². The summed E-state index contributed by atoms with van der Waals surface area (Å²) in [6.45, 7) is 5.73. The van der Waals surface area contributed by atoms with Crippen LogP contribution in [0.1, 0.15) is 36.9 Å². The van der Waals surface area contributed by atoms with Crippen molar-refractivity contribution >= 4 is 5.91 Å². The lowest BCUT2D eigenvalue weighted by atomic mass is 9.93. The number of carbonyl (C=O) groups is 1. The molecule has 2 saturated heterocycles. The molecule has 0 unspecified atom stereocenters. The highest BCUT2D eigenvalue weighted by atomic mass is 16.3. The Morgan fingerprint density at radius 2 is 2.07 bits per heavy atom. The molecule has 1 amide bonds. The zero-order valence-corrected chi connectivity index (χ0v) is 16.4. The number of pyridine rings is 1. The molecular weight excluding hydrogens is 352 g/mol. The summed E-state index contributed by atoms with van der Waals surface area (Å²) in [5.74, 6) is 0.272. The van der Waals surface area contributed by atoms with Crippen molar-refractivity contribution in [3.63, 3.8) is 0 Å². The van der Waals surface area contributed by atoms with Crippen LogP contribution in [-0.4, -0.2) is 52.9 Å². The molecule has 28 heavy (non-hydrogen) atoms. The number of aromatic nitrogens is 1. The summed E-state index contributed by atoms with van der Waals surface area (Å²) in [5.41, 5.74) is 2.16. The molecule has 6 heteroatoms. The van der Waals surface area contributed by atoms with E-state index in [0.717, 1.165) is 51.3 Å². The molecule has 0 radical (unpaired) electrons. The maximum atomic E-state index is 12.6. The van der Waals surface area contributed by atoms with Crippen molar-refractivity contribution in [1.82, 2.24) is 20.1 Å². The van der Waals surface area contributed by atoms with Gasteiger partial charge in [0.05, 0.1) is 30.7 Å². The van der Waals surface area contributed by atoms with Gasteiger partial charge in [-0.1, -0.05) is 6.07 Å². The van der Waals surface area contributed by atoms with Crippen LogP contribution in [0.3, 0.4) is 0 Å². The number of amides is 1. The lowest BCUT2D eigenvalue weighted by Gasteiger charge is -2.42. The molecule has 0 bridgehead atoms. The molecule has 2 fully saturated rings. The van der Waals surface area contributed by atoms with Gasteiger partial charge in [-0.3, -0.25) is 19.6 Å². The zero-order chi connectivity index (χ0) is 19.2. The molecular formula is C22H30N4O2. The van der Waals surface area contributed by atoms with Gasteiger partial charge >= 0.3 is 0 Å². The number of rotatable bonds is 6. The minimum Gasteiger partial charge on any atom is -0.472 e. The number of hydrogen-bond donors (Lipinski definition) is 1. The fraction of sp³-hybridized carbons (Fsp3) is 0.545. The topological polar surface area (TPSA) is 61.6 Å². The Labute approximate surface area is 166 Å². The normalized spacial score (nSPS) is 22.2. The maximum absolute atomic E-state index is 12.6. The molecule has 150 valence electrons. The summed E-state index contributed by atoms with van der Waals surface area (Å²) in [6, 6.07) is 8.45. The van der Waals surface area contributed by atoms with Gasteiger partial charge in [0.2, 0.25) is 5.91 Å². The van der Waals surface area contributed by atoms with Crippen molar-refractivity contribution in [2.24, 2.45) is 5.92 Å². The summed E-state index contributed by atoms with van der Waals surface area (Å²) in [5, 5.41) is 3.08. The van der Waals surface area contributed by atoms with Gasteiger partial charge in [0, 0.05) is 30.9 Å². The van der Waals surface area contributed by atoms with E-state index in [2.05, 4.69) is 20.1 Å². The first-order valence-electron chi connectivity index (χ1n) is 10.4. The van der Waals surface area contributed by atoms with E-state index >= 15 is 0 Å². The number of furan rings is 1. The van der Waals surface area contributed by atoms with Gasteiger partial charge in [0.15, 0.2) is 0 Å². The fourth-order valence-electron chi connectivity index (χ4n) is 4.46. The molecule has 4 heterocycles. The van der Waals surface area contributed by atoms with E-state index in [0.29, 0.717) is 12.6 Å². The number of hydrogen-bond acceptors (Lipinski definition) is 5. The maximum Gasteiger partial charge on any atom is 0.224 e. The minimum atomic E-state index is 0.0985. The van der Waals surface area contributed by atoms with Crippen LogP contribution in [0.4, 0.5) is 0 Å². The van der Waals surface area contributed by atoms with Crippen LogP contribution in [0.15, 0.2) is 47.4 Å². The number of likely N-dealkylation sites (tertiary alicyclic amines) is 2. The Morgan fingerprint density at radius 3 is 2.82 bits per heavy atom. The van der Waals surface area contributed by atoms with Crippen LogP contribution in [-0.2, 0) is 17.9 Å². The second kappa shape index (κ2) is 9.34. The molecule has 4 rings (SSSR count). The van der Waals surface area contributed by atoms with E-state index in [1.54, 1.807) is 12.5 Å². The van der Waals surface area contributed by atoms with Gasteiger partial charge < -0.3 is 9.73 Å². The van der Waals surface area contributed by atoms with Gasteiger partial charge in [-0.15, -0.1) is 0 Å². The van der Waals surface area contributed by atoms with Crippen LogP contribution < -0.4 is 5.32 Å². The predicted octanol–water partition coefficient (Wildman–Crippen LogP) is 2.67. The van der Waals surface area contributed by atoms with Crippen molar-refractivity contribution in [3.8, 4) is 0 Å². The quantitative estimate of drug-likeness (QED) is 0.832. The Morgan fingerprint density at radius 1 is 1.18 bits per heavy atom. The highest BCUT2D eigenvalue weighted by Crippen LogP contribution is 2.24. The van der Waals surface area contributed by atoms with E-state index in [1.165, 1.54) is 18.4 Å². The summed E-state index contributed by atoms with van der Waals surface area (Å²) in [7, 11) is 0. The molecule has 0 aromatic carbocycles. The predicted molar refractivity (Wildman–Crippen MR) is 107 cm³/mol. The highest BCUT2D eigenvalue weighted by molar-refractivity contribution is 5.78. The second-order valence-corrected chi connectivity index (χ2v) is 8.01. The third-order valence-electron chi connectivity index (χ3n) is 6.05. The van der Waals surface area contributed by atoms with Gasteiger partial charge in [0.25, 0.3) is 0 Å². The second-order valence-electron chi connectivity index (χ2n) is 8.01. The largest absolute Gasteiger partial charge is 0.472 e. The molecule has 1 N–H and O–H groups in total. The van der Waals surface area contributed by atoms with Crippen LogP contribution >= 0.6 is 0 Å². The molecule has 1 atom stereocenters. The Kier molecular flexibility index (Phi) is 6.39. The van der Waals surface area contributed by atoms with Crippen molar-refractivity contribution in [2.45, 2.75) is 44.8 Å². The molecule has 2 aromatic heterocycles. The average molecular weight is 383 g/mol. The summed E-state index contributed by atoms with van der Waals surface area (Å²) >= 11 is 0. The molecule has 0 saturated carbocycles. The van der Waals surface area contributed by atoms with Crippen LogP contribution in [0.2, 0.25) is 0 Å². The summed E-state index contributed by atoms with van der Waals surface area (Å²) < 4.78 is 5.18. The lowest BCUT2D eigenvalue weighted by Crippen LogP contribution is -2.50. The Balaban J connectivity index is 1.23. The first-order chi connectivity index (χ1) is 13.8. The van der Waals surface area contributed by atoms with Crippen molar-refractivity contribution in [1.29, 1.82) is 0 Å². The molecule has 2 aromatic rings. The third kappa shape index (κ3) is 5.00. The third-order valence-corrected chi connectivity index (χ3v) is 6.05. The van der Waals surface area contributed by atoms with Crippen LogP contribution in [0.25, 0.3) is 0 Å². The molecule has 0 aliphatic carbocycles. The van der Waals surface area contributed by atoms with Crippen LogP contribution in [0.5, 0.6) is 0 Å². The summed E-state index contributed by atoms with van der Waals surface area (Å²) in [6.07, 6.45) is 9.81. The monoisotopic (exact) mass is 382 g/mol. The molecule has 2 aliphatic rings. The van der Waals surface area contributed by atoms with Gasteiger partial charge in [-0.05, 0) is 63.5 Å². The van der Waals surface area contributed by atoms with Crippen LogP contribution in [0, 0.1) is 5.92 Å². The number of carbonyl (C=O) groups excluding carboxylic acids is 1. The highest BCUT2D eigenvalue weighted by Gasteiger charge is 2.31. The smallest absolute Gasteiger partial charge is 0.224 e. The van der Waals surface area contributed by atoms with Gasteiger partial charge in [0.1, 0.15) is 0 Å². The zero-order valence-electron chi connectivity index (χ0n) is 16.4. The van der Waals surface area contributed by atoms with E-state index in [4.69, 9.17) is 4.42 Å². The van der Waals surface area contributed by atoms with Gasteiger partial charge in [-0.25, -0.2) is 0 Å². The first kappa shape index (κ1) is 19.2. The van der Waals surface area contributed by atoms with E-state index in [1.807, 2.05) is 30.5 Å². The summed E-state index contributed by atoms with van der Waals surface area (Å²) in [4.78, 5) is 22.0. The first-order valence-corrected chi connectivity index (χ1v) is 10.4. The average Bonchev–Trinajstić information content (AvgIpc) is 3.26. The molecule has 2 aliphatic heterocycles. The van der Waals surface area contributed by atoms with Crippen molar-refractivity contribution in [3.05, 3.63) is 54.2 Å². The molecule has 6 nitrogen and oxygen atoms in total. The van der Waals surface area contributed by atoms with E-state index in [-0.39, 0.29) is 11.8 Å². The fourth-order valence-corrected chi connectivity index (χ4v) is 4.46. The van der Waals surface area contributed by atoms with Gasteiger partial charge in [-0.2, -0.15) is 0 Å². The number of nitrogens with one attached hydrogen (secondary N) is 1. The number of piperidine rings is 2. The van der Waals surface area contributed by atoms with E-state index < -0.39 is 0 Å². The Hall–Kier alpha value is -2.18. The number of nitrogens with zero attached hydrogens (tertiary/aromatic N) is 3.